The number of amides is 1. The first kappa shape index (κ1) is 12.7. The van der Waals surface area contributed by atoms with E-state index in [1.807, 2.05) is 6.07 Å². The fraction of sp³-hybridized carbons (Fsp3) is 0.273. The van der Waals surface area contributed by atoms with Gasteiger partial charge in [-0.1, -0.05) is 46.3 Å². The van der Waals surface area contributed by atoms with Gasteiger partial charge in [0.15, 0.2) is 6.04 Å². The summed E-state index contributed by atoms with van der Waals surface area (Å²) >= 11 is 3.02. The molecule has 1 N–H and O–H groups in total. The lowest BCUT2D eigenvalue weighted by atomic mass is 10.1. The van der Waals surface area contributed by atoms with Crippen molar-refractivity contribution in [2.75, 3.05) is 12.4 Å². The maximum Gasteiger partial charge on any atom is 0.333 e. The molecule has 0 bridgehead atoms. The Kier molecular flexibility index (Phi) is 4.98. The van der Waals surface area contributed by atoms with Gasteiger partial charge in [-0.25, -0.2) is 4.79 Å². The predicted octanol–water partition coefficient (Wildman–Crippen LogP) is 1.41. The molecule has 16 heavy (non-hydrogen) atoms. The number of ether oxygens (including phenoxy) is 1. The Hall–Kier alpha value is -1.36. The van der Waals surface area contributed by atoms with Gasteiger partial charge in [0.1, 0.15) is 0 Å². The number of nitrogens with one attached hydrogen (secondary N) is 1. The van der Waals surface area contributed by atoms with Crippen LogP contribution in [0.5, 0.6) is 0 Å². The molecule has 1 rings (SSSR count). The average Bonchev–Trinajstić information content (AvgIpc) is 2.35. The molecule has 0 aliphatic carbocycles. The second kappa shape index (κ2) is 6.27. The molecule has 0 fully saturated rings. The van der Waals surface area contributed by atoms with Crippen molar-refractivity contribution in [1.29, 1.82) is 0 Å². The van der Waals surface area contributed by atoms with Gasteiger partial charge in [0.05, 0.1) is 12.4 Å². The minimum atomic E-state index is -0.753. The smallest absolute Gasteiger partial charge is 0.333 e. The zero-order valence-corrected chi connectivity index (χ0v) is 10.4. The first-order chi connectivity index (χ1) is 7.69. The number of alkyl halides is 1. The summed E-state index contributed by atoms with van der Waals surface area (Å²) in [5, 5.41) is 2.72. The number of carbonyl (C=O) groups excluding carboxylic acids is 2. The standard InChI is InChI=1S/C11H12BrNO3/c1-16-11(15)10(13-9(14)7-12)8-5-3-2-4-6-8/h2-6,10H,7H2,1H3,(H,13,14). The molecule has 1 amide bonds. The third-order valence-electron chi connectivity index (χ3n) is 2.00. The molecule has 5 heteroatoms. The quantitative estimate of drug-likeness (QED) is 0.672. The van der Waals surface area contributed by atoms with Crippen LogP contribution in [0, 0.1) is 0 Å². The van der Waals surface area contributed by atoms with Gasteiger partial charge in [-0.05, 0) is 5.56 Å². The highest BCUT2D eigenvalue weighted by atomic mass is 79.9. The highest BCUT2D eigenvalue weighted by Gasteiger charge is 2.22. The second-order valence-corrected chi connectivity index (χ2v) is 3.63. The van der Waals surface area contributed by atoms with Crippen molar-refractivity contribution in [1.82, 2.24) is 5.32 Å². The summed E-state index contributed by atoms with van der Waals surface area (Å²) in [5.41, 5.74) is 0.698. The number of esters is 1. The molecule has 0 spiro atoms. The van der Waals surface area contributed by atoms with Gasteiger partial charge in [0.2, 0.25) is 5.91 Å². The molecule has 0 radical (unpaired) electrons. The van der Waals surface area contributed by atoms with Crippen LogP contribution in [-0.2, 0) is 14.3 Å². The summed E-state index contributed by atoms with van der Waals surface area (Å²) in [6, 6.07) is 8.20. The van der Waals surface area contributed by atoms with E-state index in [-0.39, 0.29) is 11.2 Å². The van der Waals surface area contributed by atoms with E-state index in [0.29, 0.717) is 5.56 Å². The molecule has 86 valence electrons. The normalized spacial score (nSPS) is 11.6. The number of hydrogen-bond acceptors (Lipinski definition) is 3. The Morgan fingerprint density at radius 2 is 2.00 bits per heavy atom. The van der Waals surface area contributed by atoms with Crippen LogP contribution in [0.4, 0.5) is 0 Å². The first-order valence-corrected chi connectivity index (χ1v) is 5.79. The van der Waals surface area contributed by atoms with E-state index in [1.54, 1.807) is 24.3 Å². The highest BCUT2D eigenvalue weighted by molar-refractivity contribution is 9.09. The Balaban J connectivity index is 2.88. The molecule has 0 aliphatic heterocycles. The van der Waals surface area contributed by atoms with Crippen LogP contribution in [0.25, 0.3) is 0 Å². The zero-order chi connectivity index (χ0) is 12.0. The number of benzene rings is 1. The van der Waals surface area contributed by atoms with Crippen LogP contribution in [0.3, 0.4) is 0 Å². The van der Waals surface area contributed by atoms with Crippen molar-refractivity contribution < 1.29 is 14.3 Å². The molecular formula is C11H12BrNO3. The van der Waals surface area contributed by atoms with E-state index < -0.39 is 12.0 Å². The largest absolute Gasteiger partial charge is 0.467 e. The fourth-order valence-corrected chi connectivity index (χ4v) is 1.40. The number of methoxy groups -OCH3 is 1. The van der Waals surface area contributed by atoms with Gasteiger partial charge in [-0.3, -0.25) is 4.79 Å². The molecule has 1 unspecified atom stereocenters. The molecular weight excluding hydrogens is 274 g/mol. The highest BCUT2D eigenvalue weighted by Crippen LogP contribution is 2.13. The van der Waals surface area contributed by atoms with Crippen LogP contribution >= 0.6 is 15.9 Å². The molecule has 0 saturated carbocycles. The lowest BCUT2D eigenvalue weighted by Crippen LogP contribution is -2.35. The van der Waals surface area contributed by atoms with Crippen molar-refractivity contribution in [3.8, 4) is 0 Å². The number of hydrogen-bond donors (Lipinski definition) is 1. The van der Waals surface area contributed by atoms with Crippen LogP contribution in [-0.4, -0.2) is 24.3 Å². The third-order valence-corrected chi connectivity index (χ3v) is 2.51. The molecule has 4 nitrogen and oxygen atoms in total. The van der Waals surface area contributed by atoms with Gasteiger partial charge < -0.3 is 10.1 Å². The first-order valence-electron chi connectivity index (χ1n) is 4.67. The molecule has 0 aromatic heterocycles. The van der Waals surface area contributed by atoms with E-state index in [2.05, 4.69) is 26.0 Å². The van der Waals surface area contributed by atoms with Crippen LogP contribution < -0.4 is 5.32 Å². The van der Waals surface area contributed by atoms with Crippen molar-refractivity contribution in [2.24, 2.45) is 0 Å². The fourth-order valence-electron chi connectivity index (χ4n) is 1.24. The van der Waals surface area contributed by atoms with Gasteiger partial charge in [-0.15, -0.1) is 0 Å². The maximum absolute atomic E-state index is 11.5. The lowest BCUT2D eigenvalue weighted by molar-refractivity contribution is -0.145. The average molecular weight is 286 g/mol. The Morgan fingerprint density at radius 1 is 1.38 bits per heavy atom. The Labute approximate surface area is 102 Å². The maximum atomic E-state index is 11.5. The minimum absolute atomic E-state index is 0.146. The van der Waals surface area contributed by atoms with Crippen LogP contribution in [0.1, 0.15) is 11.6 Å². The summed E-state index contributed by atoms with van der Waals surface area (Å²) in [4.78, 5) is 22.8. The molecule has 1 aromatic carbocycles. The van der Waals surface area contributed by atoms with E-state index in [1.165, 1.54) is 7.11 Å². The van der Waals surface area contributed by atoms with Crippen molar-refractivity contribution in [3.63, 3.8) is 0 Å². The van der Waals surface area contributed by atoms with Crippen molar-refractivity contribution in [3.05, 3.63) is 35.9 Å². The summed E-state index contributed by atoms with van der Waals surface area (Å²) in [6.07, 6.45) is 0. The van der Waals surface area contributed by atoms with Gasteiger partial charge in [-0.2, -0.15) is 0 Å². The zero-order valence-electron chi connectivity index (χ0n) is 8.77. The van der Waals surface area contributed by atoms with Crippen LogP contribution in [0.2, 0.25) is 0 Å². The molecule has 0 aliphatic rings. The Morgan fingerprint density at radius 3 is 2.50 bits per heavy atom. The van der Waals surface area contributed by atoms with E-state index in [0.717, 1.165) is 0 Å². The van der Waals surface area contributed by atoms with Crippen molar-refractivity contribution >= 4 is 27.8 Å². The summed E-state index contributed by atoms with van der Waals surface area (Å²) < 4.78 is 4.64. The SMILES string of the molecule is COC(=O)C(NC(=O)CBr)c1ccccc1. The summed E-state index contributed by atoms with van der Waals surface area (Å²) in [6.45, 7) is 0. The Bertz CT molecular complexity index is 367. The molecule has 0 heterocycles. The van der Waals surface area contributed by atoms with Crippen LogP contribution in [0.15, 0.2) is 30.3 Å². The number of rotatable bonds is 4. The van der Waals surface area contributed by atoms with Gasteiger partial charge in [0, 0.05) is 0 Å². The molecule has 0 saturated heterocycles. The van der Waals surface area contributed by atoms with Crippen molar-refractivity contribution in [2.45, 2.75) is 6.04 Å². The molecule has 1 aromatic rings. The predicted molar refractivity (Wildman–Crippen MR) is 63.1 cm³/mol. The topological polar surface area (TPSA) is 55.4 Å². The van der Waals surface area contributed by atoms with E-state index in [4.69, 9.17) is 0 Å². The second-order valence-electron chi connectivity index (χ2n) is 3.07. The monoisotopic (exact) mass is 285 g/mol. The summed E-state index contributed by atoms with van der Waals surface area (Å²) in [7, 11) is 1.29. The third kappa shape index (κ3) is 3.34. The van der Waals surface area contributed by atoms with Gasteiger partial charge >= 0.3 is 5.97 Å². The molecule has 1 atom stereocenters. The number of carbonyl (C=O) groups is 2. The number of halogens is 1. The van der Waals surface area contributed by atoms with E-state index >= 15 is 0 Å². The lowest BCUT2D eigenvalue weighted by Gasteiger charge is -2.15. The minimum Gasteiger partial charge on any atom is -0.467 e. The summed E-state index contributed by atoms with van der Waals surface area (Å²) in [5.74, 6) is -0.750. The van der Waals surface area contributed by atoms with Gasteiger partial charge in [0.25, 0.3) is 0 Å². The van der Waals surface area contributed by atoms with E-state index in [9.17, 15) is 9.59 Å².